The van der Waals surface area contributed by atoms with E-state index in [0.29, 0.717) is 23.7 Å². The standard InChI is InChI=1S/C12H16FN5O/c1-3-9(7-19-2)18-12(15-16-17-18)10-5-4-8(13)6-11(10)14/h4-6,9H,3,7,14H2,1-2H3. The van der Waals surface area contributed by atoms with Gasteiger partial charge < -0.3 is 10.5 Å². The second-order valence-corrected chi connectivity index (χ2v) is 4.20. The van der Waals surface area contributed by atoms with Crippen LogP contribution >= 0.6 is 0 Å². The van der Waals surface area contributed by atoms with Crippen LogP contribution < -0.4 is 5.73 Å². The third-order valence-electron chi connectivity index (χ3n) is 2.92. The fourth-order valence-corrected chi connectivity index (χ4v) is 1.91. The van der Waals surface area contributed by atoms with Crippen LogP contribution in [0.3, 0.4) is 0 Å². The highest BCUT2D eigenvalue weighted by atomic mass is 19.1. The Morgan fingerprint density at radius 1 is 1.47 bits per heavy atom. The number of nitrogens with two attached hydrogens (primary N) is 1. The smallest absolute Gasteiger partial charge is 0.184 e. The molecule has 0 saturated heterocycles. The lowest BCUT2D eigenvalue weighted by molar-refractivity contribution is 0.147. The maximum atomic E-state index is 13.1. The third kappa shape index (κ3) is 2.70. The van der Waals surface area contributed by atoms with E-state index in [1.165, 1.54) is 12.1 Å². The Kier molecular flexibility index (Phi) is 4.06. The van der Waals surface area contributed by atoms with E-state index < -0.39 is 0 Å². The van der Waals surface area contributed by atoms with E-state index >= 15 is 0 Å². The second-order valence-electron chi connectivity index (χ2n) is 4.20. The molecule has 0 saturated carbocycles. The van der Waals surface area contributed by atoms with Gasteiger partial charge in [-0.2, -0.15) is 0 Å². The van der Waals surface area contributed by atoms with E-state index in [2.05, 4.69) is 15.5 Å². The van der Waals surface area contributed by atoms with Crippen LogP contribution in [-0.2, 0) is 4.74 Å². The number of nitrogen functional groups attached to an aromatic ring is 1. The Morgan fingerprint density at radius 2 is 2.26 bits per heavy atom. The summed E-state index contributed by atoms with van der Waals surface area (Å²) < 4.78 is 19.9. The summed E-state index contributed by atoms with van der Waals surface area (Å²) >= 11 is 0. The molecule has 1 aromatic carbocycles. The SMILES string of the molecule is CCC(COC)n1nnnc1-c1ccc(F)cc1N. The fraction of sp³-hybridized carbons (Fsp3) is 0.417. The minimum Gasteiger partial charge on any atom is -0.398 e. The fourth-order valence-electron chi connectivity index (χ4n) is 1.91. The van der Waals surface area contributed by atoms with Gasteiger partial charge in [0, 0.05) is 18.4 Å². The quantitative estimate of drug-likeness (QED) is 0.832. The lowest BCUT2D eigenvalue weighted by Crippen LogP contribution is -2.17. The Balaban J connectivity index is 2.43. The number of methoxy groups -OCH3 is 1. The van der Waals surface area contributed by atoms with E-state index in [9.17, 15) is 4.39 Å². The Labute approximate surface area is 110 Å². The predicted molar refractivity (Wildman–Crippen MR) is 68.8 cm³/mol. The zero-order chi connectivity index (χ0) is 13.8. The third-order valence-corrected chi connectivity index (χ3v) is 2.92. The molecule has 2 N–H and O–H groups in total. The molecule has 1 atom stereocenters. The molecule has 2 rings (SSSR count). The van der Waals surface area contributed by atoms with Gasteiger partial charge in [-0.3, -0.25) is 0 Å². The van der Waals surface area contributed by atoms with Gasteiger partial charge >= 0.3 is 0 Å². The lowest BCUT2D eigenvalue weighted by atomic mass is 10.1. The van der Waals surface area contributed by atoms with Crippen LogP contribution in [-0.4, -0.2) is 33.9 Å². The first-order valence-corrected chi connectivity index (χ1v) is 5.99. The molecule has 1 unspecified atom stereocenters. The summed E-state index contributed by atoms with van der Waals surface area (Å²) in [4.78, 5) is 0. The van der Waals surface area contributed by atoms with Crippen LogP contribution in [0.4, 0.5) is 10.1 Å². The molecule has 0 fully saturated rings. The van der Waals surface area contributed by atoms with Crippen molar-refractivity contribution < 1.29 is 9.13 Å². The van der Waals surface area contributed by atoms with Crippen LogP contribution in [0.15, 0.2) is 18.2 Å². The first-order chi connectivity index (χ1) is 9.17. The molecule has 1 heterocycles. The number of tetrazole rings is 1. The highest BCUT2D eigenvalue weighted by Crippen LogP contribution is 2.26. The summed E-state index contributed by atoms with van der Waals surface area (Å²) in [6.07, 6.45) is 0.812. The number of ether oxygens (including phenoxy) is 1. The number of benzene rings is 1. The lowest BCUT2D eigenvalue weighted by Gasteiger charge is -2.16. The van der Waals surface area contributed by atoms with Gasteiger partial charge in [-0.15, -0.1) is 5.10 Å². The zero-order valence-electron chi connectivity index (χ0n) is 10.9. The number of hydrogen-bond donors (Lipinski definition) is 1. The molecule has 0 aliphatic carbocycles. The van der Waals surface area contributed by atoms with Gasteiger partial charge in [-0.25, -0.2) is 9.07 Å². The summed E-state index contributed by atoms with van der Waals surface area (Å²) in [6, 6.07) is 4.18. The number of anilines is 1. The monoisotopic (exact) mass is 265 g/mol. The maximum Gasteiger partial charge on any atom is 0.184 e. The molecule has 7 heteroatoms. The number of rotatable bonds is 5. The maximum absolute atomic E-state index is 13.1. The van der Waals surface area contributed by atoms with Gasteiger partial charge in [0.25, 0.3) is 0 Å². The van der Waals surface area contributed by atoms with Crippen molar-refractivity contribution >= 4 is 5.69 Å². The summed E-state index contributed by atoms with van der Waals surface area (Å²) in [5, 5.41) is 11.6. The molecular weight excluding hydrogens is 249 g/mol. The van der Waals surface area contributed by atoms with Gasteiger partial charge in [0.1, 0.15) is 5.82 Å². The summed E-state index contributed by atoms with van der Waals surface area (Å²) in [6.45, 7) is 2.51. The molecule has 2 aromatic rings. The van der Waals surface area contributed by atoms with Crippen LogP contribution in [0.1, 0.15) is 19.4 Å². The topological polar surface area (TPSA) is 78.8 Å². The van der Waals surface area contributed by atoms with Crippen molar-refractivity contribution in [2.75, 3.05) is 19.5 Å². The summed E-state index contributed by atoms with van der Waals surface area (Å²) in [5.74, 6) is 0.130. The summed E-state index contributed by atoms with van der Waals surface area (Å²) in [5.41, 5.74) is 6.74. The van der Waals surface area contributed by atoms with Gasteiger partial charge in [-0.05, 0) is 35.0 Å². The van der Waals surface area contributed by atoms with Crippen LogP contribution in [0, 0.1) is 5.82 Å². The molecule has 0 aliphatic heterocycles. The van der Waals surface area contributed by atoms with E-state index in [1.807, 2.05) is 6.92 Å². The van der Waals surface area contributed by atoms with Gasteiger partial charge in [0.15, 0.2) is 5.82 Å². The Bertz CT molecular complexity index is 557. The first kappa shape index (κ1) is 13.4. The number of halogens is 1. The average molecular weight is 265 g/mol. The molecule has 1 aromatic heterocycles. The number of nitrogens with zero attached hydrogens (tertiary/aromatic N) is 4. The van der Waals surface area contributed by atoms with Crippen molar-refractivity contribution in [3.8, 4) is 11.4 Å². The van der Waals surface area contributed by atoms with Crippen molar-refractivity contribution in [1.29, 1.82) is 0 Å². The molecule has 0 aliphatic rings. The number of hydrogen-bond acceptors (Lipinski definition) is 5. The van der Waals surface area contributed by atoms with Crippen molar-refractivity contribution in [3.63, 3.8) is 0 Å². The molecular formula is C12H16FN5O. The van der Waals surface area contributed by atoms with Crippen molar-refractivity contribution in [3.05, 3.63) is 24.0 Å². The van der Waals surface area contributed by atoms with Crippen molar-refractivity contribution in [2.45, 2.75) is 19.4 Å². The van der Waals surface area contributed by atoms with Crippen molar-refractivity contribution in [1.82, 2.24) is 20.2 Å². The average Bonchev–Trinajstić information content (AvgIpc) is 2.85. The van der Waals surface area contributed by atoms with Crippen LogP contribution in [0.25, 0.3) is 11.4 Å². The molecule has 6 nitrogen and oxygen atoms in total. The minimum absolute atomic E-state index is 0.0134. The molecule has 0 spiro atoms. The van der Waals surface area contributed by atoms with E-state index in [4.69, 9.17) is 10.5 Å². The van der Waals surface area contributed by atoms with E-state index in [1.54, 1.807) is 17.9 Å². The van der Waals surface area contributed by atoms with E-state index in [-0.39, 0.29) is 11.9 Å². The van der Waals surface area contributed by atoms with Gasteiger partial charge in [0.2, 0.25) is 0 Å². The molecule has 19 heavy (non-hydrogen) atoms. The molecule has 0 bridgehead atoms. The highest BCUT2D eigenvalue weighted by molar-refractivity contribution is 5.71. The molecule has 102 valence electrons. The minimum atomic E-state index is -0.385. The normalized spacial score (nSPS) is 12.6. The molecule has 0 amide bonds. The predicted octanol–water partition coefficient (Wildman–Crippen LogP) is 1.66. The first-order valence-electron chi connectivity index (χ1n) is 5.99. The number of aromatic nitrogens is 4. The van der Waals surface area contributed by atoms with Crippen molar-refractivity contribution in [2.24, 2.45) is 0 Å². The Hall–Kier alpha value is -2.02. The van der Waals surface area contributed by atoms with Gasteiger partial charge in [0.05, 0.1) is 12.6 Å². The zero-order valence-corrected chi connectivity index (χ0v) is 10.9. The van der Waals surface area contributed by atoms with Gasteiger partial charge in [-0.1, -0.05) is 6.92 Å². The molecule has 0 radical (unpaired) electrons. The Morgan fingerprint density at radius 3 is 2.89 bits per heavy atom. The second kappa shape index (κ2) is 5.75. The highest BCUT2D eigenvalue weighted by Gasteiger charge is 2.18. The largest absolute Gasteiger partial charge is 0.398 e. The summed E-state index contributed by atoms with van der Waals surface area (Å²) in [7, 11) is 1.62. The van der Waals surface area contributed by atoms with Crippen LogP contribution in [0.5, 0.6) is 0 Å². The van der Waals surface area contributed by atoms with E-state index in [0.717, 1.165) is 6.42 Å². The van der Waals surface area contributed by atoms with Crippen LogP contribution in [0.2, 0.25) is 0 Å².